The van der Waals surface area contributed by atoms with Gasteiger partial charge in [0.2, 0.25) is 11.7 Å². The minimum absolute atomic E-state index is 0.0441. The number of hydrogen-bond acceptors (Lipinski definition) is 4. The lowest BCUT2D eigenvalue weighted by atomic mass is 10.2. The number of amides is 2. The van der Waals surface area contributed by atoms with Crippen molar-refractivity contribution in [1.82, 2.24) is 14.8 Å². The maximum Gasteiger partial charge on any atom is 0.295 e. The summed E-state index contributed by atoms with van der Waals surface area (Å²) < 4.78 is 1.65. The zero-order valence-corrected chi connectivity index (χ0v) is 16.2. The summed E-state index contributed by atoms with van der Waals surface area (Å²) >= 11 is 0. The van der Waals surface area contributed by atoms with Gasteiger partial charge in [0.1, 0.15) is 0 Å². The van der Waals surface area contributed by atoms with Crippen LogP contribution in [-0.2, 0) is 4.79 Å². The summed E-state index contributed by atoms with van der Waals surface area (Å²) in [7, 11) is 0. The molecule has 0 aliphatic heterocycles. The Labute approximate surface area is 173 Å². The van der Waals surface area contributed by atoms with Crippen LogP contribution in [0.1, 0.15) is 17.5 Å². The Hall–Kier alpha value is -4.26. The summed E-state index contributed by atoms with van der Waals surface area (Å²) in [5.74, 6) is -0.0160. The molecule has 0 unspecified atom stereocenters. The lowest BCUT2D eigenvalue weighted by Crippen LogP contribution is -2.14. The number of para-hydroxylation sites is 1. The largest absolute Gasteiger partial charge is 0.326 e. The first kappa shape index (κ1) is 19.1. The van der Waals surface area contributed by atoms with Gasteiger partial charge in [0.05, 0.1) is 5.69 Å². The van der Waals surface area contributed by atoms with Gasteiger partial charge in [-0.25, -0.2) is 9.67 Å². The number of anilines is 2. The molecular weight excluding hydrogens is 378 g/mol. The SMILES string of the molecule is CC(=O)Nc1cccc(NC(=O)c2nc(-c3ccccc3)n(-c3ccccc3)n2)c1. The van der Waals surface area contributed by atoms with E-state index in [0.717, 1.165) is 11.3 Å². The number of benzene rings is 3. The van der Waals surface area contributed by atoms with E-state index in [1.807, 2.05) is 60.7 Å². The smallest absolute Gasteiger partial charge is 0.295 e. The molecule has 2 amide bonds. The zero-order valence-electron chi connectivity index (χ0n) is 16.2. The summed E-state index contributed by atoms with van der Waals surface area (Å²) in [6.45, 7) is 1.43. The minimum Gasteiger partial charge on any atom is -0.326 e. The highest BCUT2D eigenvalue weighted by Crippen LogP contribution is 2.22. The summed E-state index contributed by atoms with van der Waals surface area (Å²) in [6, 6.07) is 26.0. The topological polar surface area (TPSA) is 88.9 Å². The van der Waals surface area contributed by atoms with Gasteiger partial charge in [-0.2, -0.15) is 0 Å². The fourth-order valence-electron chi connectivity index (χ4n) is 3.00. The predicted molar refractivity (Wildman–Crippen MR) is 115 cm³/mol. The van der Waals surface area contributed by atoms with Crippen molar-refractivity contribution in [2.75, 3.05) is 10.6 Å². The van der Waals surface area contributed by atoms with Gasteiger partial charge in [0, 0.05) is 23.9 Å². The molecule has 1 heterocycles. The second kappa shape index (κ2) is 8.40. The van der Waals surface area contributed by atoms with E-state index in [1.165, 1.54) is 6.92 Å². The molecule has 0 aliphatic rings. The predicted octanol–water partition coefficient (Wildman–Crippen LogP) is 4.15. The number of nitrogens with zero attached hydrogens (tertiary/aromatic N) is 3. The van der Waals surface area contributed by atoms with E-state index < -0.39 is 5.91 Å². The third-order valence-corrected chi connectivity index (χ3v) is 4.28. The van der Waals surface area contributed by atoms with Gasteiger partial charge in [-0.3, -0.25) is 9.59 Å². The van der Waals surface area contributed by atoms with Crippen molar-refractivity contribution in [1.29, 1.82) is 0 Å². The van der Waals surface area contributed by atoms with Crippen molar-refractivity contribution < 1.29 is 9.59 Å². The van der Waals surface area contributed by atoms with Crippen LogP contribution in [0.3, 0.4) is 0 Å². The Morgan fingerprint density at radius 2 is 1.43 bits per heavy atom. The molecule has 0 spiro atoms. The first-order valence-corrected chi connectivity index (χ1v) is 9.37. The molecule has 0 aliphatic carbocycles. The molecule has 7 heteroatoms. The average molecular weight is 397 g/mol. The number of rotatable bonds is 5. The van der Waals surface area contributed by atoms with Crippen LogP contribution < -0.4 is 10.6 Å². The average Bonchev–Trinajstić information content (AvgIpc) is 3.20. The number of hydrogen-bond donors (Lipinski definition) is 2. The number of aromatic nitrogens is 3. The van der Waals surface area contributed by atoms with E-state index in [4.69, 9.17) is 0 Å². The zero-order chi connectivity index (χ0) is 20.9. The highest BCUT2D eigenvalue weighted by atomic mass is 16.2. The van der Waals surface area contributed by atoms with Gasteiger partial charge in [-0.15, -0.1) is 5.10 Å². The molecule has 1 aromatic heterocycles. The Morgan fingerprint density at radius 3 is 2.10 bits per heavy atom. The van der Waals surface area contributed by atoms with Crippen LogP contribution in [0.2, 0.25) is 0 Å². The van der Waals surface area contributed by atoms with Crippen LogP contribution >= 0.6 is 0 Å². The minimum atomic E-state index is -0.443. The number of carbonyl (C=O) groups is 2. The van der Waals surface area contributed by atoms with E-state index in [9.17, 15) is 9.59 Å². The molecule has 2 N–H and O–H groups in total. The van der Waals surface area contributed by atoms with Gasteiger partial charge in [-0.05, 0) is 30.3 Å². The third-order valence-electron chi connectivity index (χ3n) is 4.28. The van der Waals surface area contributed by atoms with Crippen LogP contribution in [0.25, 0.3) is 17.1 Å². The van der Waals surface area contributed by atoms with Gasteiger partial charge in [0.25, 0.3) is 5.91 Å². The van der Waals surface area contributed by atoms with Gasteiger partial charge in [-0.1, -0.05) is 54.6 Å². The molecule has 0 saturated heterocycles. The molecule has 3 aromatic carbocycles. The van der Waals surface area contributed by atoms with E-state index in [0.29, 0.717) is 17.2 Å². The van der Waals surface area contributed by atoms with E-state index >= 15 is 0 Å². The molecule has 0 bridgehead atoms. The molecule has 7 nitrogen and oxygen atoms in total. The van der Waals surface area contributed by atoms with Crippen molar-refractivity contribution in [3.8, 4) is 17.1 Å². The first-order chi connectivity index (χ1) is 14.6. The van der Waals surface area contributed by atoms with Crippen molar-refractivity contribution in [3.63, 3.8) is 0 Å². The summed E-state index contributed by atoms with van der Waals surface area (Å²) in [5.41, 5.74) is 2.77. The number of carbonyl (C=O) groups excluding carboxylic acids is 2. The highest BCUT2D eigenvalue weighted by Gasteiger charge is 2.19. The second-order valence-electron chi connectivity index (χ2n) is 6.59. The van der Waals surface area contributed by atoms with Crippen molar-refractivity contribution >= 4 is 23.2 Å². The van der Waals surface area contributed by atoms with E-state index in [-0.39, 0.29) is 11.7 Å². The number of nitrogens with one attached hydrogen (secondary N) is 2. The van der Waals surface area contributed by atoms with Gasteiger partial charge >= 0.3 is 0 Å². The molecule has 4 rings (SSSR count). The van der Waals surface area contributed by atoms with Crippen molar-refractivity contribution in [2.24, 2.45) is 0 Å². The second-order valence-corrected chi connectivity index (χ2v) is 6.59. The van der Waals surface area contributed by atoms with Crippen LogP contribution in [0, 0.1) is 0 Å². The Morgan fingerprint density at radius 1 is 0.800 bits per heavy atom. The molecule has 0 radical (unpaired) electrons. The maximum absolute atomic E-state index is 12.8. The van der Waals surface area contributed by atoms with Crippen LogP contribution in [0.4, 0.5) is 11.4 Å². The summed E-state index contributed by atoms with van der Waals surface area (Å²) in [5, 5.41) is 9.92. The van der Waals surface area contributed by atoms with E-state index in [2.05, 4.69) is 20.7 Å². The molecule has 0 saturated carbocycles. The summed E-state index contributed by atoms with van der Waals surface area (Å²) in [4.78, 5) is 28.6. The van der Waals surface area contributed by atoms with Gasteiger partial charge < -0.3 is 10.6 Å². The molecule has 148 valence electrons. The molecule has 30 heavy (non-hydrogen) atoms. The summed E-state index contributed by atoms with van der Waals surface area (Å²) in [6.07, 6.45) is 0. The Balaban J connectivity index is 1.67. The van der Waals surface area contributed by atoms with Crippen LogP contribution in [0.5, 0.6) is 0 Å². The van der Waals surface area contributed by atoms with E-state index in [1.54, 1.807) is 28.9 Å². The fraction of sp³-hybridized carbons (Fsp3) is 0.0435. The Bertz CT molecular complexity index is 1130. The monoisotopic (exact) mass is 397 g/mol. The van der Waals surface area contributed by atoms with Gasteiger partial charge in [0.15, 0.2) is 5.82 Å². The van der Waals surface area contributed by atoms with Crippen LogP contribution in [0.15, 0.2) is 84.9 Å². The first-order valence-electron chi connectivity index (χ1n) is 9.37. The molecule has 0 fully saturated rings. The lowest BCUT2D eigenvalue weighted by molar-refractivity contribution is -0.114. The van der Waals surface area contributed by atoms with Crippen molar-refractivity contribution in [3.05, 3.63) is 90.8 Å². The maximum atomic E-state index is 12.8. The fourth-order valence-corrected chi connectivity index (χ4v) is 3.00. The quantitative estimate of drug-likeness (QED) is 0.530. The molecule has 4 aromatic rings. The third kappa shape index (κ3) is 4.25. The highest BCUT2D eigenvalue weighted by molar-refractivity contribution is 6.02. The Kier molecular flexibility index (Phi) is 5.34. The normalized spacial score (nSPS) is 10.4. The molecule has 0 atom stereocenters. The van der Waals surface area contributed by atoms with Crippen LogP contribution in [-0.4, -0.2) is 26.6 Å². The van der Waals surface area contributed by atoms with Crippen molar-refractivity contribution in [2.45, 2.75) is 6.92 Å². The molecular formula is C23H19N5O2. The standard InChI is InChI=1S/C23H19N5O2/c1-16(29)24-18-11-8-12-19(15-18)25-23(30)21-26-22(17-9-4-2-5-10-17)28(27-21)20-13-6-3-7-14-20/h2-15H,1H3,(H,24,29)(H,25,30). The lowest BCUT2D eigenvalue weighted by Gasteiger charge is -2.06.